The Morgan fingerprint density at radius 1 is 1.25 bits per heavy atom. The molecule has 2 aromatic rings. The molecule has 3 N–H and O–H groups in total. The summed E-state index contributed by atoms with van der Waals surface area (Å²) in [6, 6.07) is 7.17. The fourth-order valence-corrected chi connectivity index (χ4v) is 2.13. The van der Waals surface area contributed by atoms with Crippen LogP contribution in [0.25, 0.3) is 10.9 Å². The molecule has 5 nitrogen and oxygen atoms in total. The fraction of sp³-hybridized carbons (Fsp3) is 0.200. The van der Waals surface area contributed by atoms with Crippen LogP contribution >= 0.6 is 0 Å². The van der Waals surface area contributed by atoms with E-state index in [4.69, 9.17) is 4.55 Å². The highest BCUT2D eigenvalue weighted by Gasteiger charge is 2.13. The van der Waals surface area contributed by atoms with Crippen molar-refractivity contribution in [2.45, 2.75) is 6.42 Å². The van der Waals surface area contributed by atoms with Gasteiger partial charge < -0.3 is 10.1 Å². The number of aromatic hydroxyl groups is 1. The maximum Gasteiger partial charge on any atom is 0.265 e. The summed E-state index contributed by atoms with van der Waals surface area (Å²) >= 11 is 0. The van der Waals surface area contributed by atoms with Crippen LogP contribution in [0, 0.1) is 0 Å². The summed E-state index contributed by atoms with van der Waals surface area (Å²) in [4.78, 5) is 2.74. The highest BCUT2D eigenvalue weighted by Crippen LogP contribution is 2.27. The van der Waals surface area contributed by atoms with E-state index in [9.17, 15) is 13.5 Å². The molecule has 2 rings (SSSR count). The predicted octanol–water partition coefficient (Wildman–Crippen LogP) is 1.30. The molecule has 0 unspecified atom stereocenters. The standard InChI is InChI=1S/C10H11NO4S/c12-10-8(5-6-16(13,14)15)7-3-1-2-4-9(7)11-10/h1-4,11-12H,5-6H2,(H,13,14,15). The maximum atomic E-state index is 10.6. The first kappa shape index (κ1) is 11.0. The van der Waals surface area contributed by atoms with Gasteiger partial charge in [0.05, 0.1) is 5.75 Å². The molecule has 0 bridgehead atoms. The van der Waals surface area contributed by atoms with Crippen molar-refractivity contribution < 1.29 is 18.1 Å². The first-order valence-electron chi connectivity index (χ1n) is 4.71. The van der Waals surface area contributed by atoms with E-state index in [1.165, 1.54) is 0 Å². The van der Waals surface area contributed by atoms with Crippen LogP contribution in [0.2, 0.25) is 0 Å². The molecular formula is C10H11NO4S. The average molecular weight is 241 g/mol. The molecule has 0 saturated carbocycles. The van der Waals surface area contributed by atoms with E-state index >= 15 is 0 Å². The number of hydrogen-bond acceptors (Lipinski definition) is 3. The summed E-state index contributed by atoms with van der Waals surface area (Å²) in [7, 11) is -4.01. The molecule has 6 heteroatoms. The third-order valence-electron chi connectivity index (χ3n) is 2.40. The zero-order chi connectivity index (χ0) is 11.8. The van der Waals surface area contributed by atoms with Crippen molar-refractivity contribution in [3.8, 4) is 5.88 Å². The van der Waals surface area contributed by atoms with Crippen LogP contribution in [-0.4, -0.2) is 28.8 Å². The Morgan fingerprint density at radius 3 is 2.62 bits per heavy atom. The molecule has 0 atom stereocenters. The van der Waals surface area contributed by atoms with Gasteiger partial charge in [-0.2, -0.15) is 8.42 Å². The Morgan fingerprint density at radius 2 is 1.94 bits per heavy atom. The van der Waals surface area contributed by atoms with E-state index in [2.05, 4.69) is 4.98 Å². The van der Waals surface area contributed by atoms with Crippen molar-refractivity contribution in [2.75, 3.05) is 5.75 Å². The van der Waals surface area contributed by atoms with E-state index in [1.54, 1.807) is 18.2 Å². The lowest BCUT2D eigenvalue weighted by atomic mass is 10.1. The first-order valence-corrected chi connectivity index (χ1v) is 6.32. The van der Waals surface area contributed by atoms with Gasteiger partial charge in [-0.25, -0.2) is 0 Å². The molecule has 0 fully saturated rings. The number of rotatable bonds is 3. The van der Waals surface area contributed by atoms with Crippen LogP contribution in [0.3, 0.4) is 0 Å². The average Bonchev–Trinajstić information content (AvgIpc) is 2.49. The topological polar surface area (TPSA) is 90.4 Å². The van der Waals surface area contributed by atoms with Crippen molar-refractivity contribution >= 4 is 21.0 Å². The SMILES string of the molecule is O=S(=O)(O)CCc1c(O)[nH]c2ccccc12. The molecule has 0 spiro atoms. The van der Waals surface area contributed by atoms with Crippen LogP contribution in [0.5, 0.6) is 5.88 Å². The second kappa shape index (κ2) is 3.80. The molecule has 1 heterocycles. The lowest BCUT2D eigenvalue weighted by molar-refractivity contribution is 0.451. The number of aryl methyl sites for hydroxylation is 1. The van der Waals surface area contributed by atoms with E-state index in [0.29, 0.717) is 5.56 Å². The molecule has 1 aromatic carbocycles. The molecule has 0 radical (unpaired) electrons. The number of para-hydroxylation sites is 1. The highest BCUT2D eigenvalue weighted by atomic mass is 32.2. The molecule has 0 aliphatic rings. The smallest absolute Gasteiger partial charge is 0.265 e. The van der Waals surface area contributed by atoms with Crippen molar-refractivity contribution in [3.05, 3.63) is 29.8 Å². The van der Waals surface area contributed by atoms with Crippen LogP contribution in [0.15, 0.2) is 24.3 Å². The van der Waals surface area contributed by atoms with Gasteiger partial charge in [0, 0.05) is 16.5 Å². The number of fused-ring (bicyclic) bond motifs is 1. The van der Waals surface area contributed by atoms with Gasteiger partial charge in [0.1, 0.15) is 0 Å². The van der Waals surface area contributed by atoms with Gasteiger partial charge in [-0.15, -0.1) is 0 Å². The van der Waals surface area contributed by atoms with Crippen LogP contribution < -0.4 is 0 Å². The first-order chi connectivity index (χ1) is 7.47. The van der Waals surface area contributed by atoms with Crippen molar-refractivity contribution in [2.24, 2.45) is 0 Å². The zero-order valence-corrected chi connectivity index (χ0v) is 9.16. The third-order valence-corrected chi connectivity index (χ3v) is 3.12. The number of nitrogens with one attached hydrogen (secondary N) is 1. The van der Waals surface area contributed by atoms with E-state index in [1.807, 2.05) is 6.07 Å². The van der Waals surface area contributed by atoms with Gasteiger partial charge in [-0.05, 0) is 12.5 Å². The van der Waals surface area contributed by atoms with Gasteiger partial charge in [0.15, 0.2) is 5.88 Å². The molecule has 0 aliphatic heterocycles. The number of H-pyrrole nitrogens is 1. The zero-order valence-electron chi connectivity index (χ0n) is 8.34. The Balaban J connectivity index is 2.40. The molecule has 0 amide bonds. The minimum atomic E-state index is -4.01. The molecular weight excluding hydrogens is 230 g/mol. The number of aromatic amines is 1. The van der Waals surface area contributed by atoms with E-state index < -0.39 is 15.9 Å². The highest BCUT2D eigenvalue weighted by molar-refractivity contribution is 7.85. The van der Waals surface area contributed by atoms with Crippen LogP contribution in [0.1, 0.15) is 5.56 Å². The Labute approximate surface area is 92.5 Å². The summed E-state index contributed by atoms with van der Waals surface area (Å²) in [5.41, 5.74) is 1.25. The normalized spacial score (nSPS) is 12.1. The van der Waals surface area contributed by atoms with Gasteiger partial charge >= 0.3 is 0 Å². The predicted molar refractivity (Wildman–Crippen MR) is 60.1 cm³/mol. The van der Waals surface area contributed by atoms with Crippen molar-refractivity contribution in [3.63, 3.8) is 0 Å². The van der Waals surface area contributed by atoms with Gasteiger partial charge in [0.25, 0.3) is 10.1 Å². The maximum absolute atomic E-state index is 10.6. The Bertz CT molecular complexity index is 615. The molecule has 86 valence electrons. The summed E-state index contributed by atoms with van der Waals surface area (Å²) in [6.45, 7) is 0. The molecule has 0 aliphatic carbocycles. The summed E-state index contributed by atoms with van der Waals surface area (Å²) in [5.74, 6) is -0.451. The fourth-order valence-electron chi connectivity index (χ4n) is 1.67. The van der Waals surface area contributed by atoms with Gasteiger partial charge in [-0.1, -0.05) is 18.2 Å². The van der Waals surface area contributed by atoms with Crippen LogP contribution in [0.4, 0.5) is 0 Å². The summed E-state index contributed by atoms with van der Waals surface area (Å²) in [6.07, 6.45) is 0.0781. The molecule has 16 heavy (non-hydrogen) atoms. The summed E-state index contributed by atoms with van der Waals surface area (Å²) < 4.78 is 29.9. The summed E-state index contributed by atoms with van der Waals surface area (Å²) in [5, 5.41) is 10.4. The molecule has 1 aromatic heterocycles. The van der Waals surface area contributed by atoms with Crippen molar-refractivity contribution in [1.29, 1.82) is 0 Å². The minimum Gasteiger partial charge on any atom is -0.494 e. The number of aromatic nitrogens is 1. The molecule has 0 saturated heterocycles. The third kappa shape index (κ3) is 2.17. The van der Waals surface area contributed by atoms with Crippen molar-refractivity contribution in [1.82, 2.24) is 4.98 Å². The second-order valence-electron chi connectivity index (χ2n) is 3.53. The van der Waals surface area contributed by atoms with Crippen LogP contribution in [-0.2, 0) is 16.5 Å². The Kier molecular flexibility index (Phi) is 2.61. The monoisotopic (exact) mass is 241 g/mol. The number of hydrogen-bond donors (Lipinski definition) is 3. The van der Waals surface area contributed by atoms with Gasteiger partial charge in [0.2, 0.25) is 0 Å². The second-order valence-corrected chi connectivity index (χ2v) is 5.11. The Hall–Kier alpha value is -1.53. The van der Waals surface area contributed by atoms with E-state index in [-0.39, 0.29) is 12.3 Å². The van der Waals surface area contributed by atoms with E-state index in [0.717, 1.165) is 10.9 Å². The number of benzene rings is 1. The lowest BCUT2D eigenvalue weighted by Crippen LogP contribution is -2.06. The minimum absolute atomic E-state index is 0.0511. The van der Waals surface area contributed by atoms with Gasteiger partial charge in [-0.3, -0.25) is 4.55 Å². The lowest BCUT2D eigenvalue weighted by Gasteiger charge is -1.98. The largest absolute Gasteiger partial charge is 0.494 e. The quantitative estimate of drug-likeness (QED) is 0.706.